The second-order valence-electron chi connectivity index (χ2n) is 11.7. The van der Waals surface area contributed by atoms with Crippen LogP contribution in [0.1, 0.15) is 109 Å². The van der Waals surface area contributed by atoms with E-state index in [0.717, 1.165) is 50.4 Å². The molecule has 2 fully saturated rings. The molecule has 2 saturated carbocycles. The van der Waals surface area contributed by atoms with Crippen molar-refractivity contribution in [3.8, 4) is 16.9 Å². The molecule has 0 bridgehead atoms. The van der Waals surface area contributed by atoms with Crippen molar-refractivity contribution in [3.63, 3.8) is 0 Å². The second-order valence-corrected chi connectivity index (χ2v) is 11.7. The van der Waals surface area contributed by atoms with E-state index in [0.29, 0.717) is 17.9 Å². The van der Waals surface area contributed by atoms with Gasteiger partial charge >= 0.3 is 0 Å². The average molecular weight is 545 g/mol. The summed E-state index contributed by atoms with van der Waals surface area (Å²) < 4.78 is 64.6. The molecule has 0 aromatic heterocycles. The van der Waals surface area contributed by atoms with Crippen molar-refractivity contribution < 1.29 is 22.3 Å². The van der Waals surface area contributed by atoms with Gasteiger partial charge in [0.05, 0.1) is 6.61 Å². The fraction of sp³-hybridized carbons (Fsp3) is 0.588. The van der Waals surface area contributed by atoms with Gasteiger partial charge in [-0.3, -0.25) is 0 Å². The molecule has 39 heavy (non-hydrogen) atoms. The lowest BCUT2D eigenvalue weighted by atomic mass is 9.76. The van der Waals surface area contributed by atoms with Gasteiger partial charge in [0.25, 0.3) is 0 Å². The van der Waals surface area contributed by atoms with E-state index in [-0.39, 0.29) is 29.4 Å². The molecule has 0 heterocycles. The molecule has 1 nitrogen and oxygen atoms in total. The summed E-state index contributed by atoms with van der Waals surface area (Å²) in [5.41, 5.74) is -0.226. The SMILES string of the molecule is CCCOc1ccc(-c2ccc(C3CCC(CC/C=C/C4CCC(CCC)CC4)CC3)c(F)c2F)c(F)c1F. The minimum absolute atomic E-state index is 0.0509. The molecule has 0 N–H and O–H groups in total. The molecular weight excluding hydrogens is 500 g/mol. The third-order valence-corrected chi connectivity index (χ3v) is 8.94. The minimum atomic E-state index is -1.23. The van der Waals surface area contributed by atoms with E-state index in [2.05, 4.69) is 19.1 Å². The summed E-state index contributed by atoms with van der Waals surface area (Å²) in [6.07, 6.45) is 19.4. The molecular formula is C34H44F4O. The number of rotatable bonds is 11. The summed E-state index contributed by atoms with van der Waals surface area (Å²) in [5, 5.41) is 0. The van der Waals surface area contributed by atoms with Gasteiger partial charge in [-0.1, -0.05) is 51.0 Å². The lowest BCUT2D eigenvalue weighted by Gasteiger charge is -2.29. The van der Waals surface area contributed by atoms with Crippen LogP contribution in [0.25, 0.3) is 11.1 Å². The summed E-state index contributed by atoms with van der Waals surface area (Å²) in [4.78, 5) is 0. The number of hydrogen-bond donors (Lipinski definition) is 0. The molecule has 2 aliphatic carbocycles. The number of benzene rings is 2. The molecule has 4 rings (SSSR count). The van der Waals surface area contributed by atoms with E-state index in [1.165, 1.54) is 56.7 Å². The number of hydrogen-bond acceptors (Lipinski definition) is 1. The zero-order valence-corrected chi connectivity index (χ0v) is 23.6. The lowest BCUT2D eigenvalue weighted by molar-refractivity contribution is 0.293. The van der Waals surface area contributed by atoms with Gasteiger partial charge in [0.1, 0.15) is 0 Å². The van der Waals surface area contributed by atoms with Gasteiger partial charge in [-0.2, -0.15) is 4.39 Å². The van der Waals surface area contributed by atoms with E-state index in [4.69, 9.17) is 4.74 Å². The average Bonchev–Trinajstić information content (AvgIpc) is 2.95. The van der Waals surface area contributed by atoms with Crippen molar-refractivity contribution in [1.29, 1.82) is 0 Å². The molecule has 0 unspecified atom stereocenters. The summed E-state index contributed by atoms with van der Waals surface area (Å²) >= 11 is 0. The third kappa shape index (κ3) is 7.46. The van der Waals surface area contributed by atoms with Gasteiger partial charge in [0.2, 0.25) is 5.82 Å². The Morgan fingerprint density at radius 1 is 0.692 bits per heavy atom. The van der Waals surface area contributed by atoms with Gasteiger partial charge in [0.15, 0.2) is 23.2 Å². The van der Waals surface area contributed by atoms with Crippen molar-refractivity contribution in [1.82, 2.24) is 0 Å². The highest BCUT2D eigenvalue weighted by Gasteiger charge is 2.28. The van der Waals surface area contributed by atoms with Gasteiger partial charge in [-0.25, -0.2) is 13.2 Å². The molecule has 5 heteroatoms. The first-order valence-electron chi connectivity index (χ1n) is 15.2. The summed E-state index contributed by atoms with van der Waals surface area (Å²) in [6, 6.07) is 5.45. The molecule has 2 aromatic carbocycles. The summed E-state index contributed by atoms with van der Waals surface area (Å²) in [5.74, 6) is -2.46. The van der Waals surface area contributed by atoms with Crippen molar-refractivity contribution in [2.24, 2.45) is 17.8 Å². The van der Waals surface area contributed by atoms with Crippen LogP contribution < -0.4 is 4.74 Å². The zero-order valence-electron chi connectivity index (χ0n) is 23.6. The summed E-state index contributed by atoms with van der Waals surface area (Å²) in [6.45, 7) is 4.38. The second kappa shape index (κ2) is 14.4. The van der Waals surface area contributed by atoms with E-state index in [1.807, 2.05) is 6.92 Å². The van der Waals surface area contributed by atoms with Gasteiger partial charge < -0.3 is 4.74 Å². The first-order chi connectivity index (χ1) is 18.9. The van der Waals surface area contributed by atoms with Gasteiger partial charge in [-0.05, 0) is 112 Å². The first-order valence-corrected chi connectivity index (χ1v) is 15.2. The van der Waals surface area contributed by atoms with Gasteiger partial charge in [-0.15, -0.1) is 0 Å². The Bertz CT molecular complexity index is 1090. The maximum atomic E-state index is 15.2. The minimum Gasteiger partial charge on any atom is -0.490 e. The Hall–Kier alpha value is -2.30. The molecule has 2 aliphatic rings. The molecule has 0 spiro atoms. The largest absolute Gasteiger partial charge is 0.490 e. The highest BCUT2D eigenvalue weighted by molar-refractivity contribution is 5.66. The fourth-order valence-corrected chi connectivity index (χ4v) is 6.61. The third-order valence-electron chi connectivity index (χ3n) is 8.94. The van der Waals surface area contributed by atoms with Crippen LogP contribution in [0.2, 0.25) is 0 Å². The molecule has 0 atom stereocenters. The van der Waals surface area contributed by atoms with Crippen LogP contribution in [-0.2, 0) is 0 Å². The Balaban J connectivity index is 1.29. The standard InChI is InChI=1S/C34H44F4O/c1-3-7-23-10-12-24(13-11-23)8-5-6-9-25-14-16-26(17-15-25)27-18-19-28(32(36)31(27)35)29-20-21-30(39-22-4-2)34(38)33(29)37/h5,8,18-21,23-26H,3-4,6-7,9-17,22H2,1-2H3/b8-5+. The van der Waals surface area contributed by atoms with Crippen LogP contribution in [0, 0.1) is 41.0 Å². The zero-order chi connectivity index (χ0) is 27.8. The predicted molar refractivity (Wildman–Crippen MR) is 151 cm³/mol. The van der Waals surface area contributed by atoms with E-state index < -0.39 is 23.3 Å². The molecule has 214 valence electrons. The molecule has 2 aromatic rings. The number of ether oxygens (including phenoxy) is 1. The predicted octanol–water partition coefficient (Wildman–Crippen LogP) is 10.9. The number of allylic oxidation sites excluding steroid dienone is 2. The molecule has 0 aliphatic heterocycles. The van der Waals surface area contributed by atoms with Crippen LogP contribution in [-0.4, -0.2) is 6.61 Å². The van der Waals surface area contributed by atoms with Crippen LogP contribution >= 0.6 is 0 Å². The maximum Gasteiger partial charge on any atom is 0.201 e. The quantitative estimate of drug-likeness (QED) is 0.202. The highest BCUT2D eigenvalue weighted by Crippen LogP contribution is 2.41. The Morgan fingerprint density at radius 3 is 1.97 bits per heavy atom. The number of halogens is 4. The van der Waals surface area contributed by atoms with Crippen LogP contribution in [0.4, 0.5) is 17.6 Å². The Morgan fingerprint density at radius 2 is 1.31 bits per heavy atom. The van der Waals surface area contributed by atoms with E-state index >= 15 is 8.78 Å². The van der Waals surface area contributed by atoms with E-state index in [1.54, 1.807) is 6.07 Å². The monoisotopic (exact) mass is 544 g/mol. The van der Waals surface area contributed by atoms with Crippen LogP contribution in [0.3, 0.4) is 0 Å². The highest BCUT2D eigenvalue weighted by atomic mass is 19.2. The van der Waals surface area contributed by atoms with Gasteiger partial charge in [0, 0.05) is 11.1 Å². The van der Waals surface area contributed by atoms with Crippen molar-refractivity contribution in [2.45, 2.75) is 103 Å². The van der Waals surface area contributed by atoms with Crippen molar-refractivity contribution in [3.05, 3.63) is 65.2 Å². The smallest absolute Gasteiger partial charge is 0.201 e. The normalized spacial score (nSPS) is 23.8. The van der Waals surface area contributed by atoms with Crippen LogP contribution in [0.15, 0.2) is 36.4 Å². The lowest BCUT2D eigenvalue weighted by Crippen LogP contribution is -2.15. The molecule has 0 radical (unpaired) electrons. The van der Waals surface area contributed by atoms with Crippen LogP contribution in [0.5, 0.6) is 5.75 Å². The van der Waals surface area contributed by atoms with Crippen molar-refractivity contribution in [2.75, 3.05) is 6.61 Å². The Kier molecular flexibility index (Phi) is 10.9. The maximum absolute atomic E-state index is 15.2. The molecule has 0 amide bonds. The first kappa shape index (κ1) is 29.7. The fourth-order valence-electron chi connectivity index (χ4n) is 6.61. The van der Waals surface area contributed by atoms with E-state index in [9.17, 15) is 8.78 Å². The summed E-state index contributed by atoms with van der Waals surface area (Å²) in [7, 11) is 0. The Labute approximate surface area is 232 Å². The molecule has 0 saturated heterocycles. The topological polar surface area (TPSA) is 9.23 Å². The van der Waals surface area contributed by atoms with Crippen molar-refractivity contribution >= 4 is 0 Å².